The molecule has 2 N–H and O–H groups in total. The first-order valence-electron chi connectivity index (χ1n) is 11.7. The fourth-order valence-electron chi connectivity index (χ4n) is 4.31. The van der Waals surface area contributed by atoms with E-state index in [1.165, 1.54) is 12.1 Å². The summed E-state index contributed by atoms with van der Waals surface area (Å²) < 4.78 is 14.8. The molecule has 5 rings (SSSR count). The van der Waals surface area contributed by atoms with Crippen molar-refractivity contribution < 1.29 is 23.8 Å². The molecule has 2 aliphatic rings. The van der Waals surface area contributed by atoms with Crippen LogP contribution in [0.1, 0.15) is 30.8 Å². The number of amides is 2. The molecule has 0 atom stereocenters. The second kappa shape index (κ2) is 10.7. The van der Waals surface area contributed by atoms with Crippen LogP contribution in [-0.4, -0.2) is 44.3 Å². The predicted octanol–water partition coefficient (Wildman–Crippen LogP) is 3.63. The van der Waals surface area contributed by atoms with Gasteiger partial charge in [-0.15, -0.1) is 0 Å². The van der Waals surface area contributed by atoms with E-state index < -0.39 is 21.4 Å². The number of rotatable bonds is 5. The first kappa shape index (κ1) is 26.9. The summed E-state index contributed by atoms with van der Waals surface area (Å²) in [4.78, 5) is 47.7. The molecule has 0 spiro atoms. The zero-order chi connectivity index (χ0) is 28.4. The monoisotopic (exact) mass is 534 g/mol. The van der Waals surface area contributed by atoms with E-state index >= 15 is 0 Å². The number of nitro benzene ring substituents is 2. The molecule has 0 unspecified atom stereocenters. The van der Waals surface area contributed by atoms with E-state index in [2.05, 4.69) is 15.6 Å². The van der Waals surface area contributed by atoms with Crippen LogP contribution in [0.4, 0.5) is 15.8 Å². The lowest BCUT2D eigenvalue weighted by Crippen LogP contribution is -2.16. The molecule has 3 heterocycles. The first-order valence-corrected chi connectivity index (χ1v) is 11.7. The van der Waals surface area contributed by atoms with E-state index in [-0.39, 0.29) is 17.5 Å². The summed E-state index contributed by atoms with van der Waals surface area (Å²) in [6.45, 7) is 5.84. The second-order valence-electron chi connectivity index (χ2n) is 8.80. The number of imidazole rings is 1. The van der Waals surface area contributed by atoms with Crippen LogP contribution in [-0.2, 0) is 9.59 Å². The van der Waals surface area contributed by atoms with Crippen LogP contribution in [0.5, 0.6) is 0 Å². The standard InChI is InChI=1S/C15H14N4O3.C11H9FN2O3/c1-9-12(8-17-15(9)20)11-3-4-13(14(7-11)19(21)22)18-6-5-16-10(18)2;1-6-8(5-13-11(6)15)7-2-3-9(12)10(4-7)14(16)17/h3-7H,8H2,1-2H3,(H,17,20);2-4H,5H2,1H3,(H,13,15). The second-order valence-corrected chi connectivity index (χ2v) is 8.80. The van der Waals surface area contributed by atoms with E-state index in [4.69, 9.17) is 0 Å². The van der Waals surface area contributed by atoms with E-state index in [0.717, 1.165) is 17.7 Å². The molecule has 2 amide bonds. The summed E-state index contributed by atoms with van der Waals surface area (Å²) in [6.07, 6.45) is 3.28. The van der Waals surface area contributed by atoms with Gasteiger partial charge in [-0.3, -0.25) is 34.4 Å². The normalized spacial score (nSPS) is 14.7. The molecule has 0 saturated carbocycles. The fraction of sp³-hybridized carbons (Fsp3) is 0.192. The van der Waals surface area contributed by atoms with Gasteiger partial charge in [0.25, 0.3) is 5.69 Å². The summed E-state index contributed by atoms with van der Waals surface area (Å²) in [5.41, 5.74) is 3.60. The van der Waals surface area contributed by atoms with Gasteiger partial charge in [-0.1, -0.05) is 12.1 Å². The molecule has 200 valence electrons. The zero-order valence-corrected chi connectivity index (χ0v) is 21.1. The Balaban J connectivity index is 0.000000187. The van der Waals surface area contributed by atoms with Crippen molar-refractivity contribution in [3.63, 3.8) is 0 Å². The highest BCUT2D eigenvalue weighted by molar-refractivity contribution is 6.06. The SMILES string of the molecule is CC1=C(c2ccc(-n3ccnc3C)c([N+](=O)[O-])c2)CNC1=O.CC1=C(c2ccc(F)c([N+](=O)[O-])c2)CNC1=O. The average molecular weight is 535 g/mol. The summed E-state index contributed by atoms with van der Waals surface area (Å²) in [5, 5.41) is 27.3. The number of aryl methyl sites for hydroxylation is 1. The molecule has 0 fully saturated rings. The van der Waals surface area contributed by atoms with Crippen molar-refractivity contribution >= 4 is 34.3 Å². The Morgan fingerprint density at radius 3 is 1.79 bits per heavy atom. The highest BCUT2D eigenvalue weighted by Gasteiger charge is 2.24. The summed E-state index contributed by atoms with van der Waals surface area (Å²) in [5.74, 6) is -0.544. The molecule has 1 aromatic heterocycles. The third-order valence-corrected chi connectivity index (χ3v) is 6.54. The molecule has 2 aromatic carbocycles. The molecule has 12 nitrogen and oxygen atoms in total. The Kier molecular flexibility index (Phi) is 7.33. The van der Waals surface area contributed by atoms with Crippen molar-refractivity contribution in [2.45, 2.75) is 20.8 Å². The van der Waals surface area contributed by atoms with Gasteiger partial charge in [0, 0.05) is 48.8 Å². The summed E-state index contributed by atoms with van der Waals surface area (Å²) >= 11 is 0. The van der Waals surface area contributed by atoms with Crippen molar-refractivity contribution in [1.29, 1.82) is 0 Å². The number of halogens is 1. The van der Waals surface area contributed by atoms with Gasteiger partial charge in [0.05, 0.1) is 9.85 Å². The Labute approximate surface area is 221 Å². The van der Waals surface area contributed by atoms with Gasteiger partial charge in [-0.2, -0.15) is 4.39 Å². The van der Waals surface area contributed by atoms with Crippen molar-refractivity contribution in [3.05, 3.63) is 103 Å². The van der Waals surface area contributed by atoms with Gasteiger partial charge in [-0.25, -0.2) is 4.98 Å². The van der Waals surface area contributed by atoms with Crippen LogP contribution in [0, 0.1) is 33.0 Å². The van der Waals surface area contributed by atoms with Gasteiger partial charge in [0.2, 0.25) is 17.6 Å². The zero-order valence-electron chi connectivity index (χ0n) is 21.1. The number of carbonyl (C=O) groups excluding carboxylic acids is 2. The molecule has 3 aromatic rings. The minimum Gasteiger partial charge on any atom is -0.348 e. The lowest BCUT2D eigenvalue weighted by atomic mass is 10.0. The number of nitrogens with one attached hydrogen (secondary N) is 2. The molecule has 0 bridgehead atoms. The van der Waals surface area contributed by atoms with Gasteiger partial charge < -0.3 is 10.6 Å². The van der Waals surface area contributed by atoms with Gasteiger partial charge >= 0.3 is 5.69 Å². The average Bonchev–Trinajstić information content (AvgIpc) is 3.58. The molecular weight excluding hydrogens is 511 g/mol. The predicted molar refractivity (Wildman–Crippen MR) is 139 cm³/mol. The molecule has 2 aliphatic heterocycles. The van der Waals surface area contributed by atoms with Gasteiger partial charge in [-0.05, 0) is 55.2 Å². The van der Waals surface area contributed by atoms with E-state index in [1.807, 2.05) is 0 Å². The molecular formula is C26H23FN6O6. The molecule has 0 aliphatic carbocycles. The molecule has 0 radical (unpaired) electrons. The van der Waals surface area contributed by atoms with Crippen molar-refractivity contribution in [2.75, 3.05) is 13.1 Å². The first-order chi connectivity index (χ1) is 18.5. The maximum Gasteiger partial charge on any atom is 0.305 e. The number of hydrogen-bond acceptors (Lipinski definition) is 7. The van der Waals surface area contributed by atoms with Crippen molar-refractivity contribution in [3.8, 4) is 5.69 Å². The lowest BCUT2D eigenvalue weighted by molar-refractivity contribution is -0.387. The Bertz CT molecular complexity index is 1610. The van der Waals surface area contributed by atoms with Crippen LogP contribution in [0.15, 0.2) is 59.9 Å². The Morgan fingerprint density at radius 2 is 1.36 bits per heavy atom. The number of aromatic nitrogens is 2. The molecule has 39 heavy (non-hydrogen) atoms. The minimum absolute atomic E-state index is 0.0155. The van der Waals surface area contributed by atoms with Crippen molar-refractivity contribution in [2.24, 2.45) is 0 Å². The van der Waals surface area contributed by atoms with Gasteiger partial charge in [0.1, 0.15) is 11.5 Å². The quantitative estimate of drug-likeness (QED) is 0.373. The molecule has 0 saturated heterocycles. The van der Waals surface area contributed by atoms with Crippen LogP contribution < -0.4 is 10.6 Å². The number of carbonyl (C=O) groups is 2. The van der Waals surface area contributed by atoms with Crippen LogP contribution >= 0.6 is 0 Å². The Hall–Kier alpha value is -5.20. The van der Waals surface area contributed by atoms with Crippen molar-refractivity contribution in [1.82, 2.24) is 20.2 Å². The number of nitrogens with zero attached hydrogens (tertiary/aromatic N) is 4. The topological polar surface area (TPSA) is 162 Å². The summed E-state index contributed by atoms with van der Waals surface area (Å²) in [7, 11) is 0. The summed E-state index contributed by atoms with van der Waals surface area (Å²) in [6, 6.07) is 8.60. The number of hydrogen-bond donors (Lipinski definition) is 2. The van der Waals surface area contributed by atoms with E-state index in [0.29, 0.717) is 52.4 Å². The number of benzene rings is 2. The fourth-order valence-corrected chi connectivity index (χ4v) is 4.31. The minimum atomic E-state index is -0.880. The smallest absolute Gasteiger partial charge is 0.305 e. The third-order valence-electron chi connectivity index (χ3n) is 6.54. The number of nitro groups is 2. The largest absolute Gasteiger partial charge is 0.348 e. The molecule has 13 heteroatoms. The highest BCUT2D eigenvalue weighted by atomic mass is 19.1. The lowest BCUT2D eigenvalue weighted by Gasteiger charge is -2.09. The van der Waals surface area contributed by atoms with Crippen LogP contribution in [0.25, 0.3) is 16.8 Å². The Morgan fingerprint density at radius 1 is 0.846 bits per heavy atom. The maximum absolute atomic E-state index is 13.1. The van der Waals surface area contributed by atoms with Crippen LogP contribution in [0.3, 0.4) is 0 Å². The van der Waals surface area contributed by atoms with Crippen LogP contribution in [0.2, 0.25) is 0 Å². The maximum atomic E-state index is 13.1. The third kappa shape index (κ3) is 5.28. The van der Waals surface area contributed by atoms with E-state index in [9.17, 15) is 34.2 Å². The van der Waals surface area contributed by atoms with Gasteiger partial charge in [0.15, 0.2) is 0 Å². The van der Waals surface area contributed by atoms with E-state index in [1.54, 1.807) is 49.9 Å². The highest BCUT2D eigenvalue weighted by Crippen LogP contribution is 2.31.